The topological polar surface area (TPSA) is 28.2 Å². The molecule has 1 aliphatic rings. The van der Waals surface area contributed by atoms with Gasteiger partial charge in [0.2, 0.25) is 0 Å². The summed E-state index contributed by atoms with van der Waals surface area (Å²) in [5.41, 5.74) is 6.01. The van der Waals surface area contributed by atoms with Crippen molar-refractivity contribution in [1.82, 2.24) is 10.3 Å². The van der Waals surface area contributed by atoms with E-state index in [-0.39, 0.29) is 0 Å². The van der Waals surface area contributed by atoms with E-state index >= 15 is 0 Å². The summed E-state index contributed by atoms with van der Waals surface area (Å²) >= 11 is 16.8. The van der Waals surface area contributed by atoms with Crippen molar-refractivity contribution in [1.29, 1.82) is 0 Å². The van der Waals surface area contributed by atoms with Crippen molar-refractivity contribution in [3.63, 3.8) is 0 Å². The first-order valence-electron chi connectivity index (χ1n) is 8.70. The Morgan fingerprint density at radius 2 is 1.89 bits per heavy atom. The molecule has 0 unspecified atom stereocenters. The molecule has 0 bridgehead atoms. The highest BCUT2D eigenvalue weighted by Gasteiger charge is 2.17. The third-order valence-corrected chi connectivity index (χ3v) is 6.52. The number of aromatic nitrogens is 1. The molecule has 0 amide bonds. The van der Waals surface area contributed by atoms with Gasteiger partial charge in [0.05, 0.1) is 15.7 Å². The minimum absolute atomic E-state index is 0.604. The first kappa shape index (κ1) is 18.8. The van der Waals surface area contributed by atoms with Crippen LogP contribution in [-0.4, -0.2) is 25.1 Å². The number of pyridine rings is 1. The highest BCUT2D eigenvalue weighted by Crippen LogP contribution is 2.41. The van der Waals surface area contributed by atoms with Crippen LogP contribution in [0.25, 0.3) is 22.4 Å². The average molecular weight is 463 g/mol. The molecule has 0 saturated heterocycles. The fourth-order valence-corrected chi connectivity index (χ4v) is 4.29. The molecule has 0 spiro atoms. The molecule has 3 aromatic rings. The molecule has 2 aromatic carbocycles. The van der Waals surface area contributed by atoms with Gasteiger partial charge < -0.3 is 10.2 Å². The van der Waals surface area contributed by atoms with Gasteiger partial charge in [0.25, 0.3) is 0 Å². The van der Waals surface area contributed by atoms with Crippen LogP contribution >= 0.6 is 39.1 Å². The number of rotatable bonds is 2. The molecule has 6 heteroatoms. The van der Waals surface area contributed by atoms with Crippen molar-refractivity contribution in [2.75, 3.05) is 25.0 Å². The Morgan fingerprint density at radius 3 is 2.74 bits per heavy atom. The van der Waals surface area contributed by atoms with Crippen molar-refractivity contribution in [2.24, 2.45) is 0 Å². The summed E-state index contributed by atoms with van der Waals surface area (Å²) in [5, 5.41) is 4.69. The van der Waals surface area contributed by atoms with Gasteiger partial charge in [-0.15, -0.1) is 0 Å². The number of anilines is 1. The molecule has 0 fully saturated rings. The number of likely N-dealkylation sites (N-methyl/N-ethyl adjacent to an activating group) is 1. The summed E-state index contributed by atoms with van der Waals surface area (Å²) < 4.78 is 0.843. The van der Waals surface area contributed by atoms with Crippen LogP contribution in [0.3, 0.4) is 0 Å². The highest BCUT2D eigenvalue weighted by molar-refractivity contribution is 9.10. The maximum Gasteiger partial charge on any atom is 0.0895 e. The van der Waals surface area contributed by atoms with E-state index in [0.717, 1.165) is 46.5 Å². The van der Waals surface area contributed by atoms with Gasteiger partial charge in [0, 0.05) is 59.7 Å². The van der Waals surface area contributed by atoms with Crippen LogP contribution in [0.4, 0.5) is 5.69 Å². The first-order chi connectivity index (χ1) is 13.1. The van der Waals surface area contributed by atoms with E-state index in [1.807, 2.05) is 24.3 Å². The molecule has 1 N–H and O–H groups in total. The largest absolute Gasteiger partial charge is 0.373 e. The molecule has 0 saturated carbocycles. The maximum absolute atomic E-state index is 6.79. The average Bonchev–Trinajstić information content (AvgIpc) is 2.86. The maximum atomic E-state index is 6.79. The molecule has 4 rings (SSSR count). The molecule has 0 radical (unpaired) electrons. The predicted octanol–water partition coefficient (Wildman–Crippen LogP) is 6.02. The lowest BCUT2D eigenvalue weighted by Gasteiger charge is -2.20. The van der Waals surface area contributed by atoms with Gasteiger partial charge in [0.15, 0.2) is 0 Å². The summed E-state index contributed by atoms with van der Waals surface area (Å²) in [4.78, 5) is 6.83. The molecule has 1 aliphatic heterocycles. The normalized spacial score (nSPS) is 14.0. The summed E-state index contributed by atoms with van der Waals surface area (Å²) in [6.07, 6.45) is 1.78. The predicted molar refractivity (Wildman–Crippen MR) is 118 cm³/mol. The van der Waals surface area contributed by atoms with Gasteiger partial charge in [-0.25, -0.2) is 0 Å². The van der Waals surface area contributed by atoms with Gasteiger partial charge in [-0.05, 0) is 39.7 Å². The number of halogens is 3. The quantitative estimate of drug-likeness (QED) is 0.504. The van der Waals surface area contributed by atoms with Crippen molar-refractivity contribution in [2.45, 2.75) is 6.54 Å². The Morgan fingerprint density at radius 1 is 1.07 bits per heavy atom. The van der Waals surface area contributed by atoms with Gasteiger partial charge in [-0.1, -0.05) is 47.5 Å². The smallest absolute Gasteiger partial charge is 0.0895 e. The first-order valence-corrected chi connectivity index (χ1v) is 10.2. The van der Waals surface area contributed by atoms with Crippen LogP contribution in [-0.2, 0) is 6.54 Å². The Hall–Kier alpha value is -1.59. The number of fused-ring (bicyclic) bond motifs is 1. The minimum atomic E-state index is 0.604. The molecule has 1 aromatic heterocycles. The van der Waals surface area contributed by atoms with E-state index in [4.69, 9.17) is 23.2 Å². The van der Waals surface area contributed by atoms with Crippen molar-refractivity contribution >= 4 is 44.8 Å². The van der Waals surface area contributed by atoms with Gasteiger partial charge >= 0.3 is 0 Å². The van der Waals surface area contributed by atoms with Gasteiger partial charge in [-0.2, -0.15) is 0 Å². The fraction of sp³-hybridized carbons (Fsp3) is 0.190. The van der Waals surface area contributed by atoms with Crippen LogP contribution in [0.2, 0.25) is 10.0 Å². The summed E-state index contributed by atoms with van der Waals surface area (Å²) in [6, 6.07) is 14.1. The Bertz CT molecular complexity index is 1010. The number of hydrogen-bond acceptors (Lipinski definition) is 3. The summed E-state index contributed by atoms with van der Waals surface area (Å²) in [5.74, 6) is 0. The zero-order valence-electron chi connectivity index (χ0n) is 14.8. The van der Waals surface area contributed by atoms with Crippen LogP contribution in [0.5, 0.6) is 0 Å². The van der Waals surface area contributed by atoms with Crippen LogP contribution in [0, 0.1) is 0 Å². The standard InChI is InChI=1S/C21H18BrCl2N3/c1-27-10-9-25-12-14-6-5-13(11-18(14)27)21-20(24)16(7-8-26-21)15-3-2-4-17(22)19(15)23/h2-8,11,25H,9-10,12H2,1H3. The lowest BCUT2D eigenvalue weighted by atomic mass is 10.0. The molecule has 27 heavy (non-hydrogen) atoms. The minimum Gasteiger partial charge on any atom is -0.373 e. The number of nitrogens with one attached hydrogen (secondary N) is 1. The second-order valence-electron chi connectivity index (χ2n) is 6.56. The van der Waals surface area contributed by atoms with E-state index in [1.165, 1.54) is 11.3 Å². The molecule has 138 valence electrons. The number of hydrogen-bond donors (Lipinski definition) is 1. The van der Waals surface area contributed by atoms with Crippen LogP contribution in [0.1, 0.15) is 5.56 Å². The molecule has 2 heterocycles. The summed E-state index contributed by atoms with van der Waals surface area (Å²) in [6.45, 7) is 2.80. The lowest BCUT2D eigenvalue weighted by Crippen LogP contribution is -2.24. The van der Waals surface area contributed by atoms with E-state index in [2.05, 4.69) is 56.4 Å². The lowest BCUT2D eigenvalue weighted by molar-refractivity contribution is 0.707. The Balaban J connectivity index is 1.83. The Labute approximate surface area is 177 Å². The summed E-state index contributed by atoms with van der Waals surface area (Å²) in [7, 11) is 2.11. The molecular formula is C21H18BrCl2N3. The van der Waals surface area contributed by atoms with Crippen LogP contribution < -0.4 is 10.2 Å². The van der Waals surface area contributed by atoms with Crippen molar-refractivity contribution < 1.29 is 0 Å². The van der Waals surface area contributed by atoms with E-state index in [0.29, 0.717) is 10.0 Å². The third kappa shape index (κ3) is 3.59. The van der Waals surface area contributed by atoms with Gasteiger partial charge in [-0.3, -0.25) is 4.98 Å². The van der Waals surface area contributed by atoms with E-state index < -0.39 is 0 Å². The number of benzene rings is 2. The highest BCUT2D eigenvalue weighted by atomic mass is 79.9. The van der Waals surface area contributed by atoms with E-state index in [1.54, 1.807) is 6.20 Å². The SMILES string of the molecule is CN1CCNCc2ccc(-c3nccc(-c4cccc(Br)c4Cl)c3Cl)cc21. The second-order valence-corrected chi connectivity index (χ2v) is 8.17. The zero-order chi connectivity index (χ0) is 19.0. The zero-order valence-corrected chi connectivity index (χ0v) is 17.9. The monoisotopic (exact) mass is 461 g/mol. The molecular weight excluding hydrogens is 445 g/mol. The van der Waals surface area contributed by atoms with Crippen molar-refractivity contribution in [3.05, 3.63) is 68.7 Å². The fourth-order valence-electron chi connectivity index (χ4n) is 3.37. The van der Waals surface area contributed by atoms with Crippen molar-refractivity contribution in [3.8, 4) is 22.4 Å². The Kier molecular flexibility index (Phi) is 5.42. The van der Waals surface area contributed by atoms with E-state index in [9.17, 15) is 0 Å². The molecule has 3 nitrogen and oxygen atoms in total. The second kappa shape index (κ2) is 7.80. The third-order valence-electron chi connectivity index (χ3n) is 4.84. The van der Waals surface area contributed by atoms with Gasteiger partial charge in [0.1, 0.15) is 0 Å². The number of nitrogens with zero attached hydrogens (tertiary/aromatic N) is 2. The molecule has 0 aliphatic carbocycles. The molecule has 0 atom stereocenters. The van der Waals surface area contributed by atoms with Crippen LogP contribution in [0.15, 0.2) is 53.1 Å².